The van der Waals surface area contributed by atoms with Gasteiger partial charge in [0.05, 0.1) is 6.42 Å². The molecule has 0 aliphatic rings. The molecule has 88 valence electrons. The second-order valence-electron chi connectivity index (χ2n) is 2.54. The predicted octanol–water partition coefficient (Wildman–Crippen LogP) is 2.95. The standard InChI is InChI=1S/C7H6F6O2/c1-4(2-3-6(8,9)10)5(14)15-7(11,12)13/h2H,3H2,1H3. The van der Waals surface area contributed by atoms with E-state index in [9.17, 15) is 31.1 Å². The highest BCUT2D eigenvalue weighted by molar-refractivity contribution is 5.87. The Morgan fingerprint density at radius 3 is 2.00 bits per heavy atom. The van der Waals surface area contributed by atoms with Gasteiger partial charge < -0.3 is 4.74 Å². The van der Waals surface area contributed by atoms with Crippen LogP contribution in [0.1, 0.15) is 13.3 Å². The maximum atomic E-state index is 11.6. The minimum Gasteiger partial charge on any atom is -0.369 e. The van der Waals surface area contributed by atoms with E-state index in [1.54, 1.807) is 0 Å². The number of carbonyl (C=O) groups excluding carboxylic acids is 1. The molecule has 0 N–H and O–H groups in total. The normalized spacial score (nSPS) is 13.9. The van der Waals surface area contributed by atoms with Crippen LogP contribution in [0.2, 0.25) is 0 Å². The first-order valence-corrected chi connectivity index (χ1v) is 3.55. The summed E-state index contributed by atoms with van der Waals surface area (Å²) in [5.41, 5.74) is -0.746. The molecule has 0 aromatic heterocycles. The van der Waals surface area contributed by atoms with Crippen molar-refractivity contribution in [2.24, 2.45) is 0 Å². The summed E-state index contributed by atoms with van der Waals surface area (Å²) in [6.07, 6.45) is -10.9. The van der Waals surface area contributed by atoms with Gasteiger partial charge in [0.15, 0.2) is 0 Å². The van der Waals surface area contributed by atoms with E-state index in [-0.39, 0.29) is 0 Å². The lowest BCUT2D eigenvalue weighted by Crippen LogP contribution is -2.20. The molecule has 15 heavy (non-hydrogen) atoms. The van der Waals surface area contributed by atoms with Crippen molar-refractivity contribution in [2.75, 3.05) is 0 Å². The highest BCUT2D eigenvalue weighted by atomic mass is 19.4. The van der Waals surface area contributed by atoms with Crippen molar-refractivity contribution < 1.29 is 35.9 Å². The van der Waals surface area contributed by atoms with Crippen LogP contribution in [-0.4, -0.2) is 18.5 Å². The van der Waals surface area contributed by atoms with Crippen molar-refractivity contribution in [2.45, 2.75) is 25.9 Å². The quantitative estimate of drug-likeness (QED) is 0.418. The number of allylic oxidation sites excluding steroid dienone is 1. The monoisotopic (exact) mass is 236 g/mol. The zero-order chi connectivity index (χ0) is 12.3. The topological polar surface area (TPSA) is 26.3 Å². The Kier molecular flexibility index (Phi) is 4.17. The first-order chi connectivity index (χ1) is 6.51. The van der Waals surface area contributed by atoms with Gasteiger partial charge in [-0.2, -0.15) is 13.2 Å². The number of ether oxygens (including phenoxy) is 1. The summed E-state index contributed by atoms with van der Waals surface area (Å²) in [6.45, 7) is 0.805. The SMILES string of the molecule is CC(=CCC(F)(F)F)C(=O)OC(F)(F)F. The number of esters is 1. The average Bonchev–Trinajstić information content (AvgIpc) is 1.95. The molecule has 2 nitrogen and oxygen atoms in total. The molecule has 0 fully saturated rings. The van der Waals surface area contributed by atoms with Crippen molar-refractivity contribution in [1.82, 2.24) is 0 Å². The Balaban J connectivity index is 4.33. The Bertz CT molecular complexity index is 262. The molecule has 0 aromatic carbocycles. The van der Waals surface area contributed by atoms with Gasteiger partial charge in [0.1, 0.15) is 0 Å². The maximum Gasteiger partial charge on any atom is 0.575 e. The summed E-state index contributed by atoms with van der Waals surface area (Å²) in [6, 6.07) is 0. The maximum absolute atomic E-state index is 11.6. The van der Waals surface area contributed by atoms with Crippen LogP contribution in [0, 0.1) is 0 Å². The molecular weight excluding hydrogens is 230 g/mol. The number of hydrogen-bond donors (Lipinski definition) is 0. The zero-order valence-electron chi connectivity index (χ0n) is 7.37. The largest absolute Gasteiger partial charge is 0.575 e. The minimum atomic E-state index is -5.19. The van der Waals surface area contributed by atoms with Crippen molar-refractivity contribution in [3.63, 3.8) is 0 Å². The van der Waals surface area contributed by atoms with Gasteiger partial charge in [0, 0.05) is 5.57 Å². The van der Waals surface area contributed by atoms with Crippen molar-refractivity contribution in [3.05, 3.63) is 11.6 Å². The van der Waals surface area contributed by atoms with Gasteiger partial charge in [0.2, 0.25) is 0 Å². The molecule has 0 heterocycles. The second-order valence-corrected chi connectivity index (χ2v) is 2.54. The van der Waals surface area contributed by atoms with E-state index in [1.165, 1.54) is 0 Å². The smallest absolute Gasteiger partial charge is 0.369 e. The third-order valence-corrected chi connectivity index (χ3v) is 1.17. The summed E-state index contributed by atoms with van der Waals surface area (Å²) >= 11 is 0. The summed E-state index contributed by atoms with van der Waals surface area (Å²) in [5, 5.41) is 0. The van der Waals surface area contributed by atoms with Gasteiger partial charge >= 0.3 is 18.5 Å². The lowest BCUT2D eigenvalue weighted by molar-refractivity contribution is -0.303. The van der Waals surface area contributed by atoms with Crippen LogP contribution in [0.15, 0.2) is 11.6 Å². The zero-order valence-corrected chi connectivity index (χ0v) is 7.37. The predicted molar refractivity (Wildman–Crippen MR) is 36.6 cm³/mol. The summed E-state index contributed by atoms with van der Waals surface area (Å²) in [7, 11) is 0. The van der Waals surface area contributed by atoms with Gasteiger partial charge in [-0.3, -0.25) is 0 Å². The first-order valence-electron chi connectivity index (χ1n) is 3.55. The van der Waals surface area contributed by atoms with Gasteiger partial charge in [-0.05, 0) is 6.92 Å². The molecule has 0 spiro atoms. The molecule has 0 aromatic rings. The van der Waals surface area contributed by atoms with Crippen molar-refractivity contribution >= 4 is 5.97 Å². The van der Waals surface area contributed by atoms with E-state index in [2.05, 4.69) is 4.74 Å². The molecule has 0 amide bonds. The van der Waals surface area contributed by atoms with Crippen molar-refractivity contribution in [1.29, 1.82) is 0 Å². The van der Waals surface area contributed by atoms with E-state index in [4.69, 9.17) is 0 Å². The van der Waals surface area contributed by atoms with Crippen LogP contribution in [-0.2, 0) is 9.53 Å². The molecular formula is C7H6F6O2. The average molecular weight is 236 g/mol. The summed E-state index contributed by atoms with van der Waals surface area (Å²) in [4.78, 5) is 10.5. The van der Waals surface area contributed by atoms with Gasteiger partial charge in [0.25, 0.3) is 0 Å². The molecule has 0 radical (unpaired) electrons. The Labute approximate surface area is 80.5 Å². The minimum absolute atomic E-state index is 0.327. The molecule has 8 heteroatoms. The van der Waals surface area contributed by atoms with Crippen LogP contribution in [0.3, 0.4) is 0 Å². The van der Waals surface area contributed by atoms with Gasteiger partial charge in [-0.15, -0.1) is 13.2 Å². The Morgan fingerprint density at radius 2 is 1.67 bits per heavy atom. The summed E-state index contributed by atoms with van der Waals surface area (Å²) < 4.78 is 72.0. The third-order valence-electron chi connectivity index (χ3n) is 1.17. The molecule has 0 saturated heterocycles. The van der Waals surface area contributed by atoms with E-state index in [0.29, 0.717) is 6.08 Å². The van der Waals surface area contributed by atoms with Crippen LogP contribution in [0.5, 0.6) is 0 Å². The van der Waals surface area contributed by atoms with Crippen molar-refractivity contribution in [3.8, 4) is 0 Å². The molecule has 0 aliphatic heterocycles. The fraction of sp³-hybridized carbons (Fsp3) is 0.571. The fourth-order valence-electron chi connectivity index (χ4n) is 0.538. The lowest BCUT2D eigenvalue weighted by atomic mass is 10.2. The highest BCUT2D eigenvalue weighted by Crippen LogP contribution is 2.22. The number of rotatable bonds is 2. The van der Waals surface area contributed by atoms with Crippen LogP contribution in [0.25, 0.3) is 0 Å². The molecule has 0 unspecified atom stereocenters. The lowest BCUT2D eigenvalue weighted by Gasteiger charge is -2.07. The van der Waals surface area contributed by atoms with E-state index in [0.717, 1.165) is 6.92 Å². The van der Waals surface area contributed by atoms with Gasteiger partial charge in [-0.1, -0.05) is 6.08 Å². The number of halogens is 6. The molecule has 0 aliphatic carbocycles. The number of hydrogen-bond acceptors (Lipinski definition) is 2. The van der Waals surface area contributed by atoms with Gasteiger partial charge in [-0.25, -0.2) is 4.79 Å². The summed E-state index contributed by atoms with van der Waals surface area (Å²) in [5.74, 6) is -1.84. The molecule has 0 rings (SSSR count). The first kappa shape index (κ1) is 13.8. The van der Waals surface area contributed by atoms with Crippen LogP contribution >= 0.6 is 0 Å². The number of alkyl halides is 6. The highest BCUT2D eigenvalue weighted by Gasteiger charge is 2.34. The fourth-order valence-corrected chi connectivity index (χ4v) is 0.538. The number of carbonyl (C=O) groups is 1. The van der Waals surface area contributed by atoms with E-state index in [1.807, 2.05) is 0 Å². The Morgan fingerprint density at radius 1 is 1.20 bits per heavy atom. The van der Waals surface area contributed by atoms with E-state index >= 15 is 0 Å². The molecule has 0 bridgehead atoms. The van der Waals surface area contributed by atoms with Crippen LogP contribution < -0.4 is 0 Å². The molecule has 0 saturated carbocycles. The third kappa shape index (κ3) is 7.83. The Hall–Kier alpha value is -1.21. The van der Waals surface area contributed by atoms with Crippen LogP contribution in [0.4, 0.5) is 26.3 Å². The van der Waals surface area contributed by atoms with E-state index < -0.39 is 30.5 Å². The second kappa shape index (κ2) is 4.54. The molecule has 0 atom stereocenters.